The van der Waals surface area contributed by atoms with Crippen molar-refractivity contribution in [3.63, 3.8) is 0 Å². The van der Waals surface area contributed by atoms with Gasteiger partial charge in [0.15, 0.2) is 0 Å². The number of carbonyl (C=O) groups is 1. The zero-order chi connectivity index (χ0) is 19.8. The normalized spacial score (nSPS) is 14.6. The number of para-hydroxylation sites is 2. The second-order valence-electron chi connectivity index (χ2n) is 7.45. The summed E-state index contributed by atoms with van der Waals surface area (Å²) in [6, 6.07) is 14.1. The van der Waals surface area contributed by atoms with Crippen LogP contribution in [0.4, 0.5) is 5.69 Å². The summed E-state index contributed by atoms with van der Waals surface area (Å²) in [6.07, 6.45) is 0. The molecule has 0 aliphatic carbocycles. The lowest BCUT2D eigenvalue weighted by Crippen LogP contribution is -2.48. The maximum Gasteiger partial charge on any atom is 0.253 e. The van der Waals surface area contributed by atoms with Crippen molar-refractivity contribution in [1.29, 1.82) is 0 Å². The van der Waals surface area contributed by atoms with Crippen molar-refractivity contribution in [2.45, 2.75) is 13.8 Å². The molecule has 1 aromatic heterocycles. The first kappa shape index (κ1) is 18.4. The van der Waals surface area contributed by atoms with Gasteiger partial charge in [0, 0.05) is 55.4 Å². The van der Waals surface area contributed by atoms with Gasteiger partial charge in [0.1, 0.15) is 5.75 Å². The van der Waals surface area contributed by atoms with Crippen LogP contribution in [-0.2, 0) is 7.05 Å². The number of methoxy groups -OCH3 is 1. The van der Waals surface area contributed by atoms with Crippen LogP contribution < -0.4 is 9.64 Å². The second kappa shape index (κ2) is 7.23. The van der Waals surface area contributed by atoms with E-state index in [9.17, 15) is 4.79 Å². The number of ether oxygens (including phenoxy) is 1. The molecule has 0 unspecified atom stereocenters. The van der Waals surface area contributed by atoms with Crippen LogP contribution in [0.5, 0.6) is 5.75 Å². The van der Waals surface area contributed by atoms with E-state index in [2.05, 4.69) is 42.5 Å². The number of fused-ring (bicyclic) bond motifs is 1. The number of benzene rings is 2. The second-order valence-corrected chi connectivity index (χ2v) is 7.45. The summed E-state index contributed by atoms with van der Waals surface area (Å²) in [5.74, 6) is 0.991. The molecule has 146 valence electrons. The van der Waals surface area contributed by atoms with Gasteiger partial charge in [0.05, 0.1) is 12.8 Å². The summed E-state index contributed by atoms with van der Waals surface area (Å²) in [5.41, 5.74) is 5.52. The molecule has 5 heteroatoms. The first-order valence-corrected chi connectivity index (χ1v) is 9.74. The molecule has 2 aromatic carbocycles. The summed E-state index contributed by atoms with van der Waals surface area (Å²) in [6.45, 7) is 7.27. The number of rotatable bonds is 3. The minimum Gasteiger partial charge on any atom is -0.495 e. The van der Waals surface area contributed by atoms with Gasteiger partial charge >= 0.3 is 0 Å². The van der Waals surface area contributed by atoms with Gasteiger partial charge in [-0.3, -0.25) is 4.79 Å². The SMILES string of the molecule is COc1ccccc1N1CCN(C(=O)c2ccc3c(c2)c(C)c(C)n3C)CC1. The van der Waals surface area contributed by atoms with Crippen LogP contribution in [0.2, 0.25) is 0 Å². The van der Waals surface area contributed by atoms with Crippen molar-refractivity contribution in [3.05, 3.63) is 59.3 Å². The molecular weight excluding hydrogens is 350 g/mol. The van der Waals surface area contributed by atoms with Gasteiger partial charge in [-0.1, -0.05) is 12.1 Å². The maximum atomic E-state index is 13.1. The first-order valence-electron chi connectivity index (χ1n) is 9.74. The number of piperazine rings is 1. The molecule has 1 aliphatic rings. The topological polar surface area (TPSA) is 37.7 Å². The van der Waals surface area contributed by atoms with Crippen LogP contribution >= 0.6 is 0 Å². The smallest absolute Gasteiger partial charge is 0.253 e. The van der Waals surface area contributed by atoms with E-state index in [0.29, 0.717) is 13.1 Å². The van der Waals surface area contributed by atoms with Crippen molar-refractivity contribution in [1.82, 2.24) is 9.47 Å². The fraction of sp³-hybridized carbons (Fsp3) is 0.348. The Morgan fingerprint density at radius 1 is 1.00 bits per heavy atom. The van der Waals surface area contributed by atoms with Crippen LogP contribution in [-0.4, -0.2) is 48.7 Å². The zero-order valence-corrected chi connectivity index (χ0v) is 17.0. The highest BCUT2D eigenvalue weighted by molar-refractivity contribution is 5.99. The maximum absolute atomic E-state index is 13.1. The van der Waals surface area contributed by atoms with Gasteiger partial charge < -0.3 is 19.1 Å². The summed E-state index contributed by atoms with van der Waals surface area (Å²) in [4.78, 5) is 17.3. The van der Waals surface area contributed by atoms with Crippen molar-refractivity contribution in [2.24, 2.45) is 7.05 Å². The lowest BCUT2D eigenvalue weighted by Gasteiger charge is -2.36. The standard InChI is InChI=1S/C23H27N3O2/c1-16-17(2)24(3)20-10-9-18(15-19(16)20)23(27)26-13-11-25(12-14-26)21-7-5-6-8-22(21)28-4/h5-10,15H,11-14H2,1-4H3. The summed E-state index contributed by atoms with van der Waals surface area (Å²) in [7, 11) is 3.77. The van der Waals surface area contributed by atoms with Crippen molar-refractivity contribution in [2.75, 3.05) is 38.2 Å². The van der Waals surface area contributed by atoms with E-state index in [1.54, 1.807) is 7.11 Å². The van der Waals surface area contributed by atoms with Gasteiger partial charge in [-0.15, -0.1) is 0 Å². The van der Waals surface area contributed by atoms with Crippen molar-refractivity contribution < 1.29 is 9.53 Å². The number of nitrogens with zero attached hydrogens (tertiary/aromatic N) is 3. The summed E-state index contributed by atoms with van der Waals surface area (Å²) in [5, 5.41) is 1.17. The molecule has 0 radical (unpaired) electrons. The molecule has 0 N–H and O–H groups in total. The molecule has 28 heavy (non-hydrogen) atoms. The number of amides is 1. The molecule has 0 spiro atoms. The highest BCUT2D eigenvalue weighted by Gasteiger charge is 2.24. The van der Waals surface area contributed by atoms with Crippen LogP contribution in [0.3, 0.4) is 0 Å². The monoisotopic (exact) mass is 377 g/mol. The Kier molecular flexibility index (Phi) is 4.75. The highest BCUT2D eigenvalue weighted by Crippen LogP contribution is 2.29. The number of anilines is 1. The quantitative estimate of drug-likeness (QED) is 0.697. The van der Waals surface area contributed by atoms with Gasteiger partial charge in [-0.25, -0.2) is 0 Å². The Morgan fingerprint density at radius 3 is 2.43 bits per heavy atom. The van der Waals surface area contributed by atoms with E-state index in [0.717, 1.165) is 30.1 Å². The van der Waals surface area contributed by atoms with Crippen molar-refractivity contribution in [3.8, 4) is 5.75 Å². The van der Waals surface area contributed by atoms with E-state index in [1.807, 2.05) is 35.2 Å². The van der Waals surface area contributed by atoms with E-state index < -0.39 is 0 Å². The molecule has 0 bridgehead atoms. The van der Waals surface area contributed by atoms with Gasteiger partial charge in [-0.05, 0) is 49.7 Å². The summed E-state index contributed by atoms with van der Waals surface area (Å²) >= 11 is 0. The van der Waals surface area contributed by atoms with Crippen LogP contribution in [0.15, 0.2) is 42.5 Å². The number of hydrogen-bond donors (Lipinski definition) is 0. The van der Waals surface area contributed by atoms with E-state index >= 15 is 0 Å². The number of aryl methyl sites for hydroxylation is 2. The Balaban J connectivity index is 1.51. The molecule has 4 rings (SSSR count). The van der Waals surface area contributed by atoms with Gasteiger partial charge in [-0.2, -0.15) is 0 Å². The first-order chi connectivity index (χ1) is 13.5. The number of aromatic nitrogens is 1. The van der Waals surface area contributed by atoms with Crippen molar-refractivity contribution >= 4 is 22.5 Å². The Morgan fingerprint density at radius 2 is 1.71 bits per heavy atom. The van der Waals surface area contributed by atoms with E-state index in [4.69, 9.17) is 4.74 Å². The number of carbonyl (C=O) groups excluding carboxylic acids is 1. The molecule has 1 aliphatic heterocycles. The third kappa shape index (κ3) is 3.01. The molecule has 1 saturated heterocycles. The van der Waals surface area contributed by atoms with Gasteiger partial charge in [0.2, 0.25) is 0 Å². The predicted octanol–water partition coefficient (Wildman–Crippen LogP) is 3.77. The lowest BCUT2D eigenvalue weighted by atomic mass is 10.1. The van der Waals surface area contributed by atoms with Crippen LogP contribution in [0, 0.1) is 13.8 Å². The molecule has 5 nitrogen and oxygen atoms in total. The highest BCUT2D eigenvalue weighted by atomic mass is 16.5. The molecule has 3 aromatic rings. The lowest BCUT2D eigenvalue weighted by molar-refractivity contribution is 0.0747. The van der Waals surface area contributed by atoms with Crippen LogP contribution in [0.1, 0.15) is 21.6 Å². The molecule has 2 heterocycles. The fourth-order valence-corrected chi connectivity index (χ4v) is 4.11. The van der Waals surface area contributed by atoms with E-state index in [-0.39, 0.29) is 5.91 Å². The number of hydrogen-bond acceptors (Lipinski definition) is 3. The minimum atomic E-state index is 0.113. The Hall–Kier alpha value is -2.95. The average molecular weight is 377 g/mol. The van der Waals surface area contributed by atoms with E-state index in [1.165, 1.54) is 22.2 Å². The molecular formula is C23H27N3O2. The molecule has 1 fully saturated rings. The van der Waals surface area contributed by atoms with Crippen LogP contribution in [0.25, 0.3) is 10.9 Å². The fourth-order valence-electron chi connectivity index (χ4n) is 4.11. The minimum absolute atomic E-state index is 0.113. The molecule has 0 saturated carbocycles. The molecule has 1 amide bonds. The molecule has 0 atom stereocenters. The third-order valence-corrected chi connectivity index (χ3v) is 6.05. The average Bonchev–Trinajstić information content (AvgIpc) is 2.97. The Bertz CT molecular complexity index is 1030. The Labute approximate surface area is 166 Å². The predicted molar refractivity (Wildman–Crippen MR) is 114 cm³/mol. The van der Waals surface area contributed by atoms with Gasteiger partial charge in [0.25, 0.3) is 5.91 Å². The third-order valence-electron chi connectivity index (χ3n) is 6.05. The largest absolute Gasteiger partial charge is 0.495 e. The summed E-state index contributed by atoms with van der Waals surface area (Å²) < 4.78 is 7.67. The zero-order valence-electron chi connectivity index (χ0n) is 17.0.